The zero-order chi connectivity index (χ0) is 18.1. The number of hydrogen-bond acceptors (Lipinski definition) is 5. The molecule has 136 valence electrons. The fraction of sp³-hybridized carbons (Fsp3) is 0.526. The maximum Gasteiger partial charge on any atom is 0.147 e. The van der Waals surface area contributed by atoms with Crippen LogP contribution in [0.5, 0.6) is 0 Å². The molecule has 3 heterocycles. The lowest BCUT2D eigenvalue weighted by molar-refractivity contribution is 0.245. The molecule has 1 fully saturated rings. The predicted molar refractivity (Wildman–Crippen MR) is 101 cm³/mol. The first-order valence-corrected chi connectivity index (χ1v) is 9.60. The van der Waals surface area contributed by atoms with Gasteiger partial charge in [0.1, 0.15) is 11.9 Å². The minimum absolute atomic E-state index is 0.498. The normalized spacial score (nSPS) is 17.8. The first-order valence-electron chi connectivity index (χ1n) is 9.22. The molecule has 0 bridgehead atoms. The van der Waals surface area contributed by atoms with Gasteiger partial charge in [-0.25, -0.2) is 4.98 Å². The van der Waals surface area contributed by atoms with Crippen molar-refractivity contribution < 1.29 is 0 Å². The van der Waals surface area contributed by atoms with Gasteiger partial charge in [-0.15, -0.1) is 0 Å². The quantitative estimate of drug-likeness (QED) is 0.830. The van der Waals surface area contributed by atoms with Gasteiger partial charge in [0, 0.05) is 51.7 Å². The molecule has 0 atom stereocenters. The lowest BCUT2D eigenvalue weighted by atomic mass is 9.95. The van der Waals surface area contributed by atoms with Crippen LogP contribution in [0.2, 0.25) is 5.02 Å². The molecule has 0 saturated carbocycles. The number of halogens is 1. The fourth-order valence-electron chi connectivity index (χ4n) is 4.04. The third-order valence-corrected chi connectivity index (χ3v) is 5.72. The van der Waals surface area contributed by atoms with Crippen LogP contribution >= 0.6 is 11.6 Å². The molecule has 2 aliphatic rings. The smallest absolute Gasteiger partial charge is 0.147 e. The van der Waals surface area contributed by atoms with E-state index in [4.69, 9.17) is 22.0 Å². The number of nitriles is 1. The van der Waals surface area contributed by atoms with E-state index in [1.54, 1.807) is 12.3 Å². The summed E-state index contributed by atoms with van der Waals surface area (Å²) >= 11 is 6.31. The Morgan fingerprint density at radius 1 is 1.19 bits per heavy atom. The summed E-state index contributed by atoms with van der Waals surface area (Å²) in [7, 11) is 2.07. The topological polar surface area (TPSA) is 61.0 Å². The van der Waals surface area contributed by atoms with Gasteiger partial charge in [0.2, 0.25) is 0 Å². The maximum atomic E-state index is 8.95. The Bertz CT molecular complexity index is 844. The van der Waals surface area contributed by atoms with Gasteiger partial charge in [0.15, 0.2) is 0 Å². The van der Waals surface area contributed by atoms with Crippen LogP contribution in [0.1, 0.15) is 35.4 Å². The van der Waals surface area contributed by atoms with Crippen LogP contribution in [0.3, 0.4) is 0 Å². The predicted octanol–water partition coefficient (Wildman–Crippen LogP) is 2.54. The molecule has 0 unspecified atom stereocenters. The number of pyridine rings is 1. The highest BCUT2D eigenvalue weighted by molar-refractivity contribution is 6.33. The van der Waals surface area contributed by atoms with E-state index in [9.17, 15) is 0 Å². The molecule has 7 heteroatoms. The Hall–Kier alpha value is -2.10. The molecule has 1 aliphatic heterocycles. The number of aryl methyl sites for hydroxylation is 1. The summed E-state index contributed by atoms with van der Waals surface area (Å²) in [5.41, 5.74) is 4.67. The Labute approximate surface area is 159 Å². The van der Waals surface area contributed by atoms with E-state index in [2.05, 4.69) is 32.6 Å². The number of piperazine rings is 1. The van der Waals surface area contributed by atoms with Crippen molar-refractivity contribution in [2.45, 2.75) is 32.2 Å². The van der Waals surface area contributed by atoms with Crippen LogP contribution in [0.4, 0.5) is 5.82 Å². The number of aromatic nitrogens is 3. The number of nitrogens with zero attached hydrogens (tertiary/aromatic N) is 6. The van der Waals surface area contributed by atoms with Crippen molar-refractivity contribution in [1.29, 1.82) is 5.26 Å². The number of anilines is 1. The average molecular weight is 371 g/mol. The molecule has 0 amide bonds. The molecule has 2 aromatic rings. The first-order chi connectivity index (χ1) is 12.7. The Kier molecular flexibility index (Phi) is 4.84. The highest BCUT2D eigenvalue weighted by Gasteiger charge is 2.24. The summed E-state index contributed by atoms with van der Waals surface area (Å²) < 4.78 is 2.08. The second-order valence-corrected chi connectivity index (χ2v) is 7.51. The van der Waals surface area contributed by atoms with Gasteiger partial charge in [-0.2, -0.15) is 10.4 Å². The lowest BCUT2D eigenvalue weighted by Crippen LogP contribution is -2.46. The zero-order valence-electron chi connectivity index (χ0n) is 15.1. The summed E-state index contributed by atoms with van der Waals surface area (Å²) in [4.78, 5) is 9.05. The average Bonchev–Trinajstić information content (AvgIpc) is 2.98. The molecule has 0 N–H and O–H groups in total. The lowest BCUT2D eigenvalue weighted by Gasteiger charge is -2.35. The summed E-state index contributed by atoms with van der Waals surface area (Å²) in [5, 5.41) is 14.3. The Morgan fingerprint density at radius 2 is 1.96 bits per heavy atom. The van der Waals surface area contributed by atoms with Gasteiger partial charge >= 0.3 is 0 Å². The van der Waals surface area contributed by atoms with E-state index >= 15 is 0 Å². The van der Waals surface area contributed by atoms with Crippen LogP contribution in [0, 0.1) is 11.3 Å². The molecule has 2 aromatic heterocycles. The van der Waals surface area contributed by atoms with Gasteiger partial charge in [-0.1, -0.05) is 11.6 Å². The van der Waals surface area contributed by atoms with Gasteiger partial charge in [0.25, 0.3) is 0 Å². The van der Waals surface area contributed by atoms with Crippen LogP contribution in [0.15, 0.2) is 12.3 Å². The summed E-state index contributed by atoms with van der Waals surface area (Å²) in [6, 6.07) is 3.77. The molecular formula is C19H23ClN6. The second-order valence-electron chi connectivity index (χ2n) is 7.11. The van der Waals surface area contributed by atoms with E-state index in [-0.39, 0.29) is 0 Å². The van der Waals surface area contributed by atoms with E-state index in [0.29, 0.717) is 10.6 Å². The largest absolute Gasteiger partial charge is 0.353 e. The third-order valence-electron chi connectivity index (χ3n) is 5.44. The highest BCUT2D eigenvalue weighted by atomic mass is 35.5. The molecule has 26 heavy (non-hydrogen) atoms. The Morgan fingerprint density at radius 3 is 2.69 bits per heavy atom. The van der Waals surface area contributed by atoms with E-state index in [1.807, 2.05) is 0 Å². The minimum atomic E-state index is 0.498. The molecular weight excluding hydrogens is 348 g/mol. The van der Waals surface area contributed by atoms with Crippen molar-refractivity contribution in [2.24, 2.45) is 7.05 Å². The fourth-order valence-corrected chi connectivity index (χ4v) is 4.33. The molecule has 0 aromatic carbocycles. The van der Waals surface area contributed by atoms with Crippen LogP contribution in [-0.4, -0.2) is 45.8 Å². The van der Waals surface area contributed by atoms with Crippen LogP contribution in [0.25, 0.3) is 0 Å². The van der Waals surface area contributed by atoms with Gasteiger partial charge in [-0.05, 0) is 37.3 Å². The summed E-state index contributed by atoms with van der Waals surface area (Å²) in [5.74, 6) is 0.778. The molecule has 0 spiro atoms. The molecule has 0 radical (unpaired) electrons. The van der Waals surface area contributed by atoms with E-state index < -0.39 is 0 Å². The van der Waals surface area contributed by atoms with E-state index in [0.717, 1.165) is 45.0 Å². The van der Waals surface area contributed by atoms with Crippen molar-refractivity contribution in [2.75, 3.05) is 31.1 Å². The van der Waals surface area contributed by atoms with Crippen molar-refractivity contribution in [3.63, 3.8) is 0 Å². The number of hydrogen-bond donors (Lipinski definition) is 0. The Balaban J connectivity index is 1.41. The highest BCUT2D eigenvalue weighted by Crippen LogP contribution is 2.27. The van der Waals surface area contributed by atoms with Crippen LogP contribution in [-0.2, 0) is 26.4 Å². The number of rotatable bonds is 3. The first kappa shape index (κ1) is 17.3. The SMILES string of the molecule is Cn1nc(CN2CCN(c3ncc(C#N)cc3Cl)CC2)c2c1CCCC2. The van der Waals surface area contributed by atoms with E-state index in [1.165, 1.54) is 36.2 Å². The minimum Gasteiger partial charge on any atom is -0.353 e. The second kappa shape index (κ2) is 7.26. The summed E-state index contributed by atoms with van der Waals surface area (Å²) in [6.45, 7) is 4.61. The van der Waals surface area contributed by atoms with Crippen molar-refractivity contribution in [3.8, 4) is 6.07 Å². The third kappa shape index (κ3) is 3.29. The van der Waals surface area contributed by atoms with Crippen LogP contribution < -0.4 is 4.90 Å². The molecule has 1 saturated heterocycles. The number of fused-ring (bicyclic) bond motifs is 1. The van der Waals surface area contributed by atoms with Crippen molar-refractivity contribution >= 4 is 17.4 Å². The van der Waals surface area contributed by atoms with Crippen molar-refractivity contribution in [3.05, 3.63) is 39.8 Å². The monoisotopic (exact) mass is 370 g/mol. The van der Waals surface area contributed by atoms with Gasteiger partial charge < -0.3 is 4.90 Å². The molecule has 6 nitrogen and oxygen atoms in total. The molecule has 4 rings (SSSR count). The van der Waals surface area contributed by atoms with Crippen molar-refractivity contribution in [1.82, 2.24) is 19.7 Å². The standard InChI is InChI=1S/C19H23ClN6/c1-24-18-5-3-2-4-15(18)17(23-24)13-25-6-8-26(9-7-25)19-16(20)10-14(11-21)12-22-19/h10,12H,2-9,13H2,1H3. The zero-order valence-corrected chi connectivity index (χ0v) is 15.8. The summed E-state index contributed by atoms with van der Waals surface area (Å²) in [6.07, 6.45) is 6.48. The van der Waals surface area contributed by atoms with Gasteiger partial charge in [-0.3, -0.25) is 9.58 Å². The maximum absolute atomic E-state index is 8.95. The molecule has 1 aliphatic carbocycles. The van der Waals surface area contributed by atoms with Gasteiger partial charge in [0.05, 0.1) is 16.3 Å².